The zero-order valence-electron chi connectivity index (χ0n) is 32.9. The van der Waals surface area contributed by atoms with E-state index in [0.29, 0.717) is 30.9 Å². The van der Waals surface area contributed by atoms with Crippen LogP contribution in [0.25, 0.3) is 28.0 Å². The Morgan fingerprint density at radius 1 is 0.741 bits per heavy atom. The number of likely N-dealkylation sites (tertiary alicyclic amines) is 2. The molecule has 3 N–H and O–H groups in total. The van der Waals surface area contributed by atoms with Gasteiger partial charge >= 0.3 is 12.2 Å². The normalized spacial score (nSPS) is 22.0. The summed E-state index contributed by atoms with van der Waals surface area (Å²) in [5.41, 5.74) is 7.96. The highest BCUT2D eigenvalue weighted by Crippen LogP contribution is 2.36. The fourth-order valence-corrected chi connectivity index (χ4v) is 9.02. The summed E-state index contributed by atoms with van der Waals surface area (Å²) in [7, 11) is 2.63. The predicted molar refractivity (Wildman–Crippen MR) is 219 cm³/mol. The minimum Gasteiger partial charge on any atom is -0.453 e. The van der Waals surface area contributed by atoms with Crippen molar-refractivity contribution < 1.29 is 28.7 Å². The van der Waals surface area contributed by atoms with Gasteiger partial charge in [-0.05, 0) is 71.9 Å². The Kier molecular flexibility index (Phi) is 11.4. The van der Waals surface area contributed by atoms with Crippen LogP contribution in [-0.4, -0.2) is 88.9 Å². The Bertz CT molecular complexity index is 2200. The third-order valence-corrected chi connectivity index (χ3v) is 12.1. The standard InChI is InChI=1S/C45H49N7O6/c1-57-44(55)49-35-12-6-11-34(35)42(53)51-23-7-13-38(51)36-25-33(26-46-36)30-17-15-28(16-18-30)29-19-21-31(22-20-29)37-27-47-41(48-37)39-14-8-24-52(39)43(54)40(50-45(56)58-2)32-9-4-3-5-10-32/h3-5,9-10,15-22,26-27,34-35,38-40H,6-8,11-14,23-25H2,1-2H3,(H,47,48)(H,49,55)(H,50,56)/t34-,35-,38-,39-,40+/m0/s1. The van der Waals surface area contributed by atoms with Crippen molar-refractivity contribution in [2.24, 2.45) is 10.9 Å². The molecule has 0 spiro atoms. The number of hydrogen-bond acceptors (Lipinski definition) is 8. The number of alkyl carbamates (subject to hydrolysis) is 2. The van der Waals surface area contributed by atoms with Crippen LogP contribution in [0, 0.1) is 5.92 Å². The molecule has 0 radical (unpaired) electrons. The molecular formula is C45H49N7O6. The summed E-state index contributed by atoms with van der Waals surface area (Å²) >= 11 is 0. The number of carbonyl (C=O) groups is 4. The van der Waals surface area contributed by atoms with Crippen molar-refractivity contribution in [1.29, 1.82) is 0 Å². The molecule has 8 rings (SSSR count). The first-order valence-electron chi connectivity index (χ1n) is 20.2. The number of aliphatic imine (C=N–C) groups is 1. The van der Waals surface area contributed by atoms with Gasteiger partial charge in [-0.2, -0.15) is 0 Å². The molecule has 1 saturated carbocycles. The van der Waals surface area contributed by atoms with Gasteiger partial charge in [0, 0.05) is 37.5 Å². The van der Waals surface area contributed by atoms with E-state index >= 15 is 0 Å². The van der Waals surface area contributed by atoms with Gasteiger partial charge in [0.15, 0.2) is 0 Å². The van der Waals surface area contributed by atoms with Crippen molar-refractivity contribution >= 4 is 35.3 Å². The maximum Gasteiger partial charge on any atom is 0.407 e. The van der Waals surface area contributed by atoms with E-state index in [2.05, 4.69) is 64.1 Å². The Morgan fingerprint density at radius 2 is 1.40 bits per heavy atom. The van der Waals surface area contributed by atoms with Gasteiger partial charge in [-0.3, -0.25) is 14.6 Å². The molecule has 0 bridgehead atoms. The second-order valence-electron chi connectivity index (χ2n) is 15.4. The lowest BCUT2D eigenvalue weighted by atomic mass is 9.95. The average Bonchev–Trinajstić information content (AvgIpc) is 4.12. The third-order valence-electron chi connectivity index (χ3n) is 12.1. The Morgan fingerprint density at radius 3 is 2.10 bits per heavy atom. The number of aromatic amines is 1. The van der Waals surface area contributed by atoms with Crippen LogP contribution < -0.4 is 10.6 Å². The second-order valence-corrected chi connectivity index (χ2v) is 15.4. The molecule has 4 heterocycles. The van der Waals surface area contributed by atoms with Crippen LogP contribution in [0.3, 0.4) is 0 Å². The molecule has 58 heavy (non-hydrogen) atoms. The van der Waals surface area contributed by atoms with Gasteiger partial charge < -0.3 is 34.9 Å². The number of H-pyrrole nitrogens is 1. The van der Waals surface area contributed by atoms with E-state index in [1.54, 1.807) is 4.90 Å². The quantitative estimate of drug-likeness (QED) is 0.153. The summed E-state index contributed by atoms with van der Waals surface area (Å²) in [6.45, 7) is 1.27. The van der Waals surface area contributed by atoms with E-state index < -0.39 is 18.2 Å². The predicted octanol–water partition coefficient (Wildman–Crippen LogP) is 7.21. The summed E-state index contributed by atoms with van der Waals surface area (Å²) in [5.74, 6) is 0.380. The molecule has 4 aromatic rings. The minimum atomic E-state index is -0.874. The number of methoxy groups -OCH3 is 2. The molecule has 13 heteroatoms. The van der Waals surface area contributed by atoms with E-state index in [1.165, 1.54) is 14.2 Å². The molecule has 13 nitrogen and oxygen atoms in total. The molecule has 300 valence electrons. The highest BCUT2D eigenvalue weighted by Gasteiger charge is 2.42. The van der Waals surface area contributed by atoms with Crippen molar-refractivity contribution in [2.75, 3.05) is 27.3 Å². The topological polar surface area (TPSA) is 158 Å². The van der Waals surface area contributed by atoms with E-state index in [9.17, 15) is 19.2 Å². The number of rotatable bonds is 10. The molecule has 1 aliphatic carbocycles. The molecular weight excluding hydrogens is 735 g/mol. The summed E-state index contributed by atoms with van der Waals surface area (Å²) in [6.07, 6.45) is 9.17. The lowest BCUT2D eigenvalue weighted by Gasteiger charge is -2.30. The smallest absolute Gasteiger partial charge is 0.407 e. The van der Waals surface area contributed by atoms with Crippen LogP contribution in [-0.2, 0) is 19.1 Å². The monoisotopic (exact) mass is 783 g/mol. The van der Waals surface area contributed by atoms with Crippen molar-refractivity contribution in [2.45, 2.75) is 75.5 Å². The van der Waals surface area contributed by atoms with Gasteiger partial charge in [0.2, 0.25) is 5.91 Å². The van der Waals surface area contributed by atoms with Crippen LogP contribution >= 0.6 is 0 Å². The first kappa shape index (κ1) is 38.6. The maximum atomic E-state index is 13.9. The molecule has 3 fully saturated rings. The fourth-order valence-electron chi connectivity index (χ4n) is 9.02. The van der Waals surface area contributed by atoms with Crippen LogP contribution in [0.4, 0.5) is 9.59 Å². The Balaban J connectivity index is 0.887. The number of allylic oxidation sites excluding steroid dienone is 1. The van der Waals surface area contributed by atoms with Gasteiger partial charge in [-0.15, -0.1) is 0 Å². The van der Waals surface area contributed by atoms with Crippen LogP contribution in [0.2, 0.25) is 0 Å². The number of nitrogens with one attached hydrogen (secondary N) is 3. The SMILES string of the molecule is COC(=O)N[C@H]1CCC[C@@H]1C(=O)N1CCC[C@H]1C1=NC=C(c2ccc(-c3ccc(-c4cnc([C@@H]5CCCN5C(=O)[C@H](NC(=O)OC)c5ccccc5)[nH]4)cc3)cc2)C1. The van der Waals surface area contributed by atoms with Crippen molar-refractivity contribution in [1.82, 2.24) is 30.4 Å². The molecule has 0 unspecified atom stereocenters. The largest absolute Gasteiger partial charge is 0.453 e. The first-order valence-corrected chi connectivity index (χ1v) is 20.2. The number of ether oxygens (including phenoxy) is 2. The van der Waals surface area contributed by atoms with Crippen LogP contribution in [0.1, 0.15) is 80.4 Å². The van der Waals surface area contributed by atoms with Crippen molar-refractivity contribution in [3.8, 4) is 22.4 Å². The van der Waals surface area contributed by atoms with Gasteiger partial charge in [-0.1, -0.05) is 85.3 Å². The fraction of sp³-hybridized carbons (Fsp3) is 0.378. The number of nitrogens with zero attached hydrogens (tertiary/aromatic N) is 4. The van der Waals surface area contributed by atoms with Gasteiger partial charge in [0.1, 0.15) is 11.9 Å². The van der Waals surface area contributed by atoms with E-state index in [-0.39, 0.29) is 35.9 Å². The molecule has 4 aliphatic rings. The zero-order valence-corrected chi connectivity index (χ0v) is 32.9. The molecule has 3 aromatic carbocycles. The Hall–Kier alpha value is -6.24. The molecule has 5 atom stereocenters. The molecule has 2 saturated heterocycles. The molecule has 4 amide bonds. The van der Waals surface area contributed by atoms with Gasteiger partial charge in [-0.25, -0.2) is 14.6 Å². The molecule has 3 aliphatic heterocycles. The summed E-state index contributed by atoms with van der Waals surface area (Å²) in [6, 6.07) is 24.7. The molecule has 1 aromatic heterocycles. The number of imidazole rings is 1. The van der Waals surface area contributed by atoms with Gasteiger partial charge in [0.25, 0.3) is 5.91 Å². The zero-order chi connectivity index (χ0) is 40.2. The lowest BCUT2D eigenvalue weighted by Crippen LogP contribution is -2.48. The Labute approximate surface area is 337 Å². The maximum absolute atomic E-state index is 13.9. The summed E-state index contributed by atoms with van der Waals surface area (Å²) in [4.78, 5) is 68.5. The third kappa shape index (κ3) is 7.98. The number of carbonyl (C=O) groups excluding carboxylic acids is 4. The highest BCUT2D eigenvalue weighted by atomic mass is 16.5. The van der Waals surface area contributed by atoms with Crippen LogP contribution in [0.15, 0.2) is 96.3 Å². The summed E-state index contributed by atoms with van der Waals surface area (Å²) in [5, 5.41) is 5.59. The first-order chi connectivity index (χ1) is 28.3. The highest BCUT2D eigenvalue weighted by molar-refractivity contribution is 6.03. The number of hydrogen-bond donors (Lipinski definition) is 3. The summed E-state index contributed by atoms with van der Waals surface area (Å²) < 4.78 is 9.63. The average molecular weight is 784 g/mol. The van der Waals surface area contributed by atoms with E-state index in [4.69, 9.17) is 19.5 Å². The second kappa shape index (κ2) is 17.1. The van der Waals surface area contributed by atoms with Crippen molar-refractivity contribution in [3.63, 3.8) is 0 Å². The van der Waals surface area contributed by atoms with E-state index in [0.717, 1.165) is 84.2 Å². The van der Waals surface area contributed by atoms with Crippen LogP contribution in [0.5, 0.6) is 0 Å². The van der Waals surface area contributed by atoms with Gasteiger partial charge in [0.05, 0.1) is 44.1 Å². The lowest BCUT2D eigenvalue weighted by molar-refractivity contribution is -0.136. The number of amides is 4. The van der Waals surface area contributed by atoms with Crippen molar-refractivity contribution in [3.05, 3.63) is 108 Å². The van der Waals surface area contributed by atoms with E-state index in [1.807, 2.05) is 47.6 Å². The minimum absolute atomic E-state index is 0.0220. The number of benzene rings is 3. The number of aromatic nitrogens is 2.